The lowest BCUT2D eigenvalue weighted by Gasteiger charge is -2.42. The van der Waals surface area contributed by atoms with E-state index < -0.39 is 0 Å². The minimum atomic E-state index is -0.385. The van der Waals surface area contributed by atoms with Crippen LogP contribution in [-0.4, -0.2) is 39.3 Å². The molecular formula is C25H39BN2O3. The van der Waals surface area contributed by atoms with Crippen molar-refractivity contribution >= 4 is 23.5 Å². The van der Waals surface area contributed by atoms with Crippen LogP contribution < -0.4 is 5.46 Å². The molecule has 2 aromatic rings. The first-order chi connectivity index (χ1) is 15.0. The number of hydrogen-bond acceptors (Lipinski definition) is 4. The Morgan fingerprint density at radius 1 is 1.03 bits per heavy atom. The van der Waals surface area contributed by atoms with Gasteiger partial charge in [0, 0.05) is 11.6 Å². The molecule has 2 fully saturated rings. The highest BCUT2D eigenvalue weighted by atomic mass is 16.7. The first-order valence-electron chi connectivity index (χ1n) is 12.5. The lowest BCUT2D eigenvalue weighted by Crippen LogP contribution is -2.50. The van der Waals surface area contributed by atoms with Crippen LogP contribution in [0.3, 0.4) is 0 Å². The average Bonchev–Trinajstić information content (AvgIpc) is 3.38. The van der Waals surface area contributed by atoms with Gasteiger partial charge in [0.15, 0.2) is 0 Å². The molecule has 2 heterocycles. The van der Waals surface area contributed by atoms with E-state index >= 15 is 0 Å². The molecule has 31 heavy (non-hydrogen) atoms. The van der Waals surface area contributed by atoms with Crippen LogP contribution >= 0.6 is 0 Å². The minimum Gasteiger partial charge on any atom is -0.399 e. The number of aliphatic hydroxyl groups excluding tert-OH is 1. The molecule has 1 atom stereocenters. The molecule has 1 saturated carbocycles. The van der Waals surface area contributed by atoms with Gasteiger partial charge >= 0.3 is 7.12 Å². The van der Waals surface area contributed by atoms with Crippen LogP contribution in [0.1, 0.15) is 85.5 Å². The maximum absolute atomic E-state index is 10.8. The molecule has 1 aliphatic heterocycles. The third-order valence-electron chi connectivity index (χ3n) is 8.23. The van der Waals surface area contributed by atoms with E-state index in [0.29, 0.717) is 12.5 Å². The lowest BCUT2D eigenvalue weighted by molar-refractivity contribution is -0.0601. The summed E-state index contributed by atoms with van der Waals surface area (Å²) in [5, 5.41) is 16.6. The van der Waals surface area contributed by atoms with Crippen LogP contribution in [0.4, 0.5) is 0 Å². The Hall–Kier alpha value is -1.37. The van der Waals surface area contributed by atoms with Gasteiger partial charge in [0.1, 0.15) is 0 Å². The monoisotopic (exact) mass is 426 g/mol. The predicted molar refractivity (Wildman–Crippen MR) is 126 cm³/mol. The Labute approximate surface area is 187 Å². The van der Waals surface area contributed by atoms with Gasteiger partial charge in [-0.2, -0.15) is 5.10 Å². The fourth-order valence-electron chi connectivity index (χ4n) is 6.17. The lowest BCUT2D eigenvalue weighted by atomic mass is 9.75. The van der Waals surface area contributed by atoms with Crippen LogP contribution in [0, 0.1) is 5.92 Å². The summed E-state index contributed by atoms with van der Waals surface area (Å²) >= 11 is 0. The molecule has 1 aromatic heterocycles. The van der Waals surface area contributed by atoms with Crippen LogP contribution in [-0.2, 0) is 15.9 Å². The second kappa shape index (κ2) is 9.25. The number of hydrogen-bond donors (Lipinski definition) is 1. The van der Waals surface area contributed by atoms with Gasteiger partial charge in [0.05, 0.1) is 29.4 Å². The topological polar surface area (TPSA) is 56.5 Å². The molecule has 1 N–H and O–H groups in total. The van der Waals surface area contributed by atoms with E-state index in [9.17, 15) is 5.11 Å². The maximum atomic E-state index is 10.8. The summed E-state index contributed by atoms with van der Waals surface area (Å²) in [5.74, 6) is 0.395. The van der Waals surface area contributed by atoms with Crippen molar-refractivity contribution in [3.8, 4) is 0 Å². The SMILES string of the molecule is CCC1(CC)OB(c2cccc3nn(CC(O)C4CCCCC4)cc23)OC1(CC)CC. The molecule has 1 unspecified atom stereocenters. The van der Waals surface area contributed by atoms with Crippen molar-refractivity contribution in [2.24, 2.45) is 5.92 Å². The zero-order valence-corrected chi connectivity index (χ0v) is 19.8. The second-order valence-corrected chi connectivity index (χ2v) is 9.57. The highest BCUT2D eigenvalue weighted by Crippen LogP contribution is 2.47. The molecule has 0 spiro atoms. The average molecular weight is 426 g/mol. The first kappa shape index (κ1) is 22.8. The third kappa shape index (κ3) is 3.96. The summed E-state index contributed by atoms with van der Waals surface area (Å²) in [6, 6.07) is 6.18. The van der Waals surface area contributed by atoms with E-state index in [0.717, 1.165) is 54.9 Å². The Kier molecular flexibility index (Phi) is 6.80. The molecule has 6 heteroatoms. The van der Waals surface area contributed by atoms with E-state index in [2.05, 4.69) is 40.0 Å². The van der Waals surface area contributed by atoms with E-state index in [-0.39, 0.29) is 24.4 Å². The Bertz CT molecular complexity index is 849. The van der Waals surface area contributed by atoms with E-state index in [4.69, 9.17) is 14.4 Å². The first-order valence-corrected chi connectivity index (χ1v) is 12.5. The molecule has 5 nitrogen and oxygen atoms in total. The van der Waals surface area contributed by atoms with Gasteiger partial charge in [-0.05, 0) is 56.0 Å². The van der Waals surface area contributed by atoms with Gasteiger partial charge < -0.3 is 14.4 Å². The molecular weight excluding hydrogens is 387 g/mol. The Balaban J connectivity index is 1.61. The summed E-state index contributed by atoms with van der Waals surface area (Å²) < 4.78 is 15.4. The molecule has 1 aromatic carbocycles. The van der Waals surface area contributed by atoms with E-state index in [1.165, 1.54) is 19.3 Å². The summed E-state index contributed by atoms with van der Waals surface area (Å²) in [5.41, 5.74) is 1.45. The van der Waals surface area contributed by atoms with Crippen molar-refractivity contribution in [2.75, 3.05) is 0 Å². The fraction of sp³-hybridized carbons (Fsp3) is 0.720. The van der Waals surface area contributed by atoms with Crippen molar-refractivity contribution in [1.82, 2.24) is 9.78 Å². The number of rotatable bonds is 8. The zero-order valence-electron chi connectivity index (χ0n) is 19.8. The zero-order chi connectivity index (χ0) is 22.1. The second-order valence-electron chi connectivity index (χ2n) is 9.57. The van der Waals surface area contributed by atoms with Gasteiger partial charge in [-0.3, -0.25) is 4.68 Å². The van der Waals surface area contributed by atoms with Crippen LogP contribution in [0.15, 0.2) is 24.4 Å². The molecule has 4 rings (SSSR count). The van der Waals surface area contributed by atoms with Crippen molar-refractivity contribution in [2.45, 2.75) is 109 Å². The maximum Gasteiger partial charge on any atom is 0.495 e. The molecule has 0 bridgehead atoms. The van der Waals surface area contributed by atoms with E-state index in [1.807, 2.05) is 16.8 Å². The van der Waals surface area contributed by atoms with Gasteiger partial charge in [-0.15, -0.1) is 0 Å². The Morgan fingerprint density at radius 3 is 2.23 bits per heavy atom. The van der Waals surface area contributed by atoms with Gasteiger partial charge in [-0.25, -0.2) is 0 Å². The molecule has 0 radical (unpaired) electrons. The fourth-order valence-corrected chi connectivity index (χ4v) is 6.17. The highest BCUT2D eigenvalue weighted by molar-refractivity contribution is 6.65. The number of aromatic nitrogens is 2. The minimum absolute atomic E-state index is 0.267. The van der Waals surface area contributed by atoms with Gasteiger partial charge in [-0.1, -0.05) is 59.1 Å². The summed E-state index contributed by atoms with van der Waals surface area (Å²) in [6.45, 7) is 9.38. The van der Waals surface area contributed by atoms with Gasteiger partial charge in [0.2, 0.25) is 0 Å². The smallest absolute Gasteiger partial charge is 0.399 e. The quantitative estimate of drug-likeness (QED) is 0.614. The number of nitrogens with zero attached hydrogens (tertiary/aromatic N) is 2. The number of benzene rings is 1. The van der Waals surface area contributed by atoms with Crippen LogP contribution in [0.25, 0.3) is 10.9 Å². The van der Waals surface area contributed by atoms with E-state index in [1.54, 1.807) is 0 Å². The number of fused-ring (bicyclic) bond motifs is 1. The molecule has 170 valence electrons. The number of aliphatic hydroxyl groups is 1. The van der Waals surface area contributed by atoms with Crippen LogP contribution in [0.2, 0.25) is 0 Å². The molecule has 1 saturated heterocycles. The third-order valence-corrected chi connectivity index (χ3v) is 8.23. The standard InChI is InChI=1S/C25H39BN2O3/c1-5-24(6-2)25(7-3,8-4)31-26(30-24)21-15-12-16-22-20(21)17-28(27-22)18-23(29)19-13-10-9-11-14-19/h12,15-17,19,23,29H,5-11,13-14,18H2,1-4H3. The summed E-state index contributed by atoms with van der Waals surface area (Å²) in [7, 11) is -0.385. The normalized spacial score (nSPS) is 22.3. The predicted octanol–water partition coefficient (Wildman–Crippen LogP) is 4.84. The molecule has 2 aliphatic rings. The summed E-state index contributed by atoms with van der Waals surface area (Å²) in [4.78, 5) is 0. The van der Waals surface area contributed by atoms with Crippen molar-refractivity contribution in [3.63, 3.8) is 0 Å². The molecule has 1 aliphatic carbocycles. The largest absolute Gasteiger partial charge is 0.495 e. The van der Waals surface area contributed by atoms with Crippen molar-refractivity contribution < 1.29 is 14.4 Å². The van der Waals surface area contributed by atoms with Crippen molar-refractivity contribution in [3.05, 3.63) is 24.4 Å². The molecule has 0 amide bonds. The Morgan fingerprint density at radius 2 is 1.65 bits per heavy atom. The summed E-state index contributed by atoms with van der Waals surface area (Å²) in [6.07, 6.45) is 11.5. The highest BCUT2D eigenvalue weighted by Gasteiger charge is 2.58. The van der Waals surface area contributed by atoms with Gasteiger partial charge in [0.25, 0.3) is 0 Å². The van der Waals surface area contributed by atoms with Crippen LogP contribution in [0.5, 0.6) is 0 Å². The van der Waals surface area contributed by atoms with Crippen molar-refractivity contribution in [1.29, 1.82) is 0 Å².